The predicted octanol–water partition coefficient (Wildman–Crippen LogP) is 5.96. The first-order chi connectivity index (χ1) is 15.7. The summed E-state index contributed by atoms with van der Waals surface area (Å²) in [4.78, 5) is 12.7. The summed E-state index contributed by atoms with van der Waals surface area (Å²) in [5.41, 5.74) is 13.0. The Morgan fingerprint density at radius 1 is 0.719 bits per heavy atom. The van der Waals surface area contributed by atoms with Gasteiger partial charge in [-0.2, -0.15) is 0 Å². The van der Waals surface area contributed by atoms with E-state index in [2.05, 4.69) is 55.9 Å². The number of hydrogen-bond donors (Lipinski definition) is 1. The number of anilines is 1. The third-order valence-corrected chi connectivity index (χ3v) is 5.68. The number of aromatic nitrogens is 4. The number of benzene rings is 2. The van der Waals surface area contributed by atoms with E-state index in [1.54, 1.807) is 6.07 Å². The molecule has 0 radical (unpaired) electrons. The fourth-order valence-electron chi connectivity index (χ4n) is 3.82. The molecule has 5 nitrogen and oxygen atoms in total. The maximum atomic E-state index is 6.54. The fraction of sp³-hybridized carbons (Fsp3) is 0.0385. The van der Waals surface area contributed by atoms with Crippen LogP contribution in [0.1, 0.15) is 5.69 Å². The largest absolute Gasteiger partial charge is 0.384 e. The van der Waals surface area contributed by atoms with Crippen molar-refractivity contribution in [2.24, 2.45) is 0 Å². The van der Waals surface area contributed by atoms with E-state index in [0.717, 1.165) is 39.3 Å². The van der Waals surface area contributed by atoms with Crippen molar-refractivity contribution in [3.05, 3.63) is 108 Å². The van der Waals surface area contributed by atoms with Gasteiger partial charge < -0.3 is 10.3 Å². The van der Waals surface area contributed by atoms with Crippen LogP contribution in [-0.4, -0.2) is 19.5 Å². The smallest absolute Gasteiger partial charge is 0.123 e. The number of nitrogens with two attached hydrogens (primary N) is 1. The van der Waals surface area contributed by atoms with Gasteiger partial charge in [-0.15, -0.1) is 0 Å². The fourth-order valence-corrected chi connectivity index (χ4v) is 4.06. The maximum absolute atomic E-state index is 6.54. The lowest BCUT2D eigenvalue weighted by atomic mass is 10.1. The number of rotatable bonds is 5. The molecule has 0 amide bonds. The van der Waals surface area contributed by atoms with Gasteiger partial charge >= 0.3 is 0 Å². The molecule has 5 aromatic rings. The van der Waals surface area contributed by atoms with Crippen LogP contribution in [0.25, 0.3) is 33.6 Å². The third-order valence-electron chi connectivity index (χ3n) is 5.35. The highest BCUT2D eigenvalue weighted by molar-refractivity contribution is 6.33. The Labute approximate surface area is 191 Å². The maximum Gasteiger partial charge on any atom is 0.123 e. The van der Waals surface area contributed by atoms with Crippen LogP contribution >= 0.6 is 11.6 Å². The highest BCUT2D eigenvalue weighted by Crippen LogP contribution is 2.34. The molecular formula is C26H20ClN5. The molecule has 0 bridgehead atoms. The molecule has 5 rings (SSSR count). The zero-order valence-electron chi connectivity index (χ0n) is 17.2. The summed E-state index contributed by atoms with van der Waals surface area (Å²) in [6.45, 7) is 0.572. The highest BCUT2D eigenvalue weighted by atomic mass is 35.5. The average Bonchev–Trinajstić information content (AvgIpc) is 3.23. The van der Waals surface area contributed by atoms with Crippen molar-refractivity contribution in [3.63, 3.8) is 0 Å². The molecule has 2 N–H and O–H groups in total. The van der Waals surface area contributed by atoms with E-state index in [-0.39, 0.29) is 0 Å². The van der Waals surface area contributed by atoms with Gasteiger partial charge in [-0.05, 0) is 41.5 Å². The number of halogens is 1. The minimum Gasteiger partial charge on any atom is -0.384 e. The highest BCUT2D eigenvalue weighted by Gasteiger charge is 2.15. The van der Waals surface area contributed by atoms with Crippen molar-refractivity contribution < 1.29 is 0 Å². The van der Waals surface area contributed by atoms with Crippen LogP contribution in [0.3, 0.4) is 0 Å². The molecule has 0 saturated heterocycles. The van der Waals surface area contributed by atoms with E-state index in [9.17, 15) is 0 Å². The van der Waals surface area contributed by atoms with E-state index in [4.69, 9.17) is 17.3 Å². The molecule has 0 saturated carbocycles. The molecule has 0 aliphatic rings. The van der Waals surface area contributed by atoms with Crippen molar-refractivity contribution in [2.75, 3.05) is 5.73 Å². The minimum atomic E-state index is 0.505. The molecule has 0 unspecified atom stereocenters. The van der Waals surface area contributed by atoms with Crippen LogP contribution in [-0.2, 0) is 6.54 Å². The SMILES string of the molecule is Nc1cccc(Cn2c(-c3ccc(-c4cncnc4)cc3)ccc2-c2ccccc2Cl)n1. The third kappa shape index (κ3) is 3.98. The number of nitrogen functional groups attached to an aromatic ring is 1. The van der Waals surface area contributed by atoms with Crippen LogP contribution in [0.2, 0.25) is 5.02 Å². The van der Waals surface area contributed by atoms with Gasteiger partial charge in [-0.25, -0.2) is 15.0 Å². The van der Waals surface area contributed by atoms with Gasteiger partial charge in [0.15, 0.2) is 0 Å². The molecule has 6 heteroatoms. The Morgan fingerprint density at radius 3 is 2.19 bits per heavy atom. The van der Waals surface area contributed by atoms with Gasteiger partial charge in [0.25, 0.3) is 0 Å². The predicted molar refractivity (Wildman–Crippen MR) is 129 cm³/mol. The molecule has 0 aliphatic heterocycles. The summed E-state index contributed by atoms with van der Waals surface area (Å²) in [6.07, 6.45) is 5.16. The van der Waals surface area contributed by atoms with Gasteiger partial charge in [0.1, 0.15) is 12.1 Å². The molecule has 0 spiro atoms. The monoisotopic (exact) mass is 437 g/mol. The topological polar surface area (TPSA) is 69.6 Å². The first-order valence-corrected chi connectivity index (χ1v) is 10.6. The molecule has 156 valence electrons. The van der Waals surface area contributed by atoms with Gasteiger partial charge in [0.05, 0.1) is 17.9 Å². The Morgan fingerprint density at radius 2 is 1.44 bits per heavy atom. The van der Waals surface area contributed by atoms with E-state index < -0.39 is 0 Å². The summed E-state index contributed by atoms with van der Waals surface area (Å²) in [7, 11) is 0. The first-order valence-electron chi connectivity index (χ1n) is 10.2. The second-order valence-electron chi connectivity index (χ2n) is 7.43. The average molecular weight is 438 g/mol. The quantitative estimate of drug-likeness (QED) is 0.368. The second-order valence-corrected chi connectivity index (χ2v) is 7.84. The molecule has 32 heavy (non-hydrogen) atoms. The van der Waals surface area contributed by atoms with Crippen molar-refractivity contribution in [2.45, 2.75) is 6.54 Å². The van der Waals surface area contributed by atoms with Crippen LogP contribution in [0.4, 0.5) is 5.82 Å². The zero-order chi connectivity index (χ0) is 21.9. The molecule has 0 aliphatic carbocycles. The van der Waals surface area contributed by atoms with Crippen LogP contribution < -0.4 is 5.73 Å². The summed E-state index contributed by atoms with van der Waals surface area (Å²) in [6, 6.07) is 26.2. The van der Waals surface area contributed by atoms with Crippen molar-refractivity contribution in [1.82, 2.24) is 19.5 Å². The molecular weight excluding hydrogens is 418 g/mol. The van der Waals surface area contributed by atoms with E-state index in [1.165, 1.54) is 6.33 Å². The van der Waals surface area contributed by atoms with Crippen LogP contribution in [0, 0.1) is 0 Å². The summed E-state index contributed by atoms with van der Waals surface area (Å²) in [5, 5.41) is 0.707. The van der Waals surface area contributed by atoms with Crippen molar-refractivity contribution >= 4 is 17.4 Å². The lowest BCUT2D eigenvalue weighted by molar-refractivity contribution is 0.797. The van der Waals surface area contributed by atoms with Crippen molar-refractivity contribution in [3.8, 4) is 33.6 Å². The molecule has 3 heterocycles. The lowest BCUT2D eigenvalue weighted by Crippen LogP contribution is -2.06. The number of pyridine rings is 1. The van der Waals surface area contributed by atoms with Gasteiger partial charge in [0, 0.05) is 34.2 Å². The molecule has 3 aromatic heterocycles. The van der Waals surface area contributed by atoms with Crippen LogP contribution in [0.15, 0.2) is 97.6 Å². The Hall–Kier alpha value is -3.96. The van der Waals surface area contributed by atoms with E-state index >= 15 is 0 Å². The van der Waals surface area contributed by atoms with Gasteiger partial charge in [0.2, 0.25) is 0 Å². The van der Waals surface area contributed by atoms with Crippen molar-refractivity contribution in [1.29, 1.82) is 0 Å². The van der Waals surface area contributed by atoms with E-state index in [1.807, 2.05) is 48.8 Å². The standard InChI is InChI=1S/C26H20ClN5/c27-23-6-2-1-5-22(23)25-13-12-24(32(25)16-21-4-3-7-26(28)31-21)19-10-8-18(9-11-19)20-14-29-17-30-15-20/h1-15,17H,16H2,(H2,28,31). The normalized spacial score (nSPS) is 10.9. The van der Waals surface area contributed by atoms with E-state index in [0.29, 0.717) is 17.4 Å². The molecule has 2 aromatic carbocycles. The molecule has 0 atom stereocenters. The Kier molecular flexibility index (Phi) is 5.40. The second kappa shape index (κ2) is 8.65. The number of nitrogens with zero attached hydrogens (tertiary/aromatic N) is 4. The zero-order valence-corrected chi connectivity index (χ0v) is 17.9. The van der Waals surface area contributed by atoms with Gasteiger partial charge in [-0.3, -0.25) is 0 Å². The lowest BCUT2D eigenvalue weighted by Gasteiger charge is -2.15. The van der Waals surface area contributed by atoms with Crippen LogP contribution in [0.5, 0.6) is 0 Å². The number of hydrogen-bond acceptors (Lipinski definition) is 4. The summed E-state index contributed by atoms with van der Waals surface area (Å²) in [5.74, 6) is 0.505. The Balaban J connectivity index is 1.60. The summed E-state index contributed by atoms with van der Waals surface area (Å²) < 4.78 is 2.23. The van der Waals surface area contributed by atoms with Gasteiger partial charge in [-0.1, -0.05) is 60.1 Å². The first kappa shape index (κ1) is 20.0. The summed E-state index contributed by atoms with van der Waals surface area (Å²) >= 11 is 6.54. The minimum absolute atomic E-state index is 0.505. The Bertz CT molecular complexity index is 1360. The molecule has 0 fully saturated rings.